The highest BCUT2D eigenvalue weighted by Gasteiger charge is 2.36. The van der Waals surface area contributed by atoms with Gasteiger partial charge in [0.1, 0.15) is 16.9 Å². The Hall–Kier alpha value is -3.62. The van der Waals surface area contributed by atoms with Crippen molar-refractivity contribution in [3.05, 3.63) is 58.4 Å². The largest absolute Gasteiger partial charge is 0.431 e. The molecule has 0 amide bonds. The molecule has 0 N–H and O–H groups in total. The van der Waals surface area contributed by atoms with Crippen LogP contribution in [-0.2, 0) is 36.3 Å². The average molecular weight is 533 g/mol. The molecule has 0 radical (unpaired) electrons. The predicted octanol–water partition coefficient (Wildman–Crippen LogP) is 3.96. The van der Waals surface area contributed by atoms with E-state index in [9.17, 15) is 39.6 Å². The maximum atomic E-state index is 13.4. The minimum absolute atomic E-state index is 0.00434. The second-order valence-corrected chi connectivity index (χ2v) is 10.1. The molecule has 0 saturated carbocycles. The molecule has 192 valence electrons. The molecule has 4 rings (SSSR count). The zero-order valence-corrected chi connectivity index (χ0v) is 19.6. The smallest absolute Gasteiger partial charge is 0.322 e. The molecule has 4 aromatic rings. The monoisotopic (exact) mass is 533 g/mol. The Kier molecular flexibility index (Phi) is 5.81. The molecule has 0 bridgehead atoms. The number of hydrogen-bond acceptors (Lipinski definition) is 5. The summed E-state index contributed by atoms with van der Waals surface area (Å²) in [6.45, 7) is 1.34. The lowest BCUT2D eigenvalue weighted by Crippen LogP contribution is -2.26. The van der Waals surface area contributed by atoms with Crippen molar-refractivity contribution >= 4 is 20.9 Å². The van der Waals surface area contributed by atoms with E-state index >= 15 is 0 Å². The number of halogens is 6. The van der Waals surface area contributed by atoms with Gasteiger partial charge in [0, 0.05) is 26.5 Å². The van der Waals surface area contributed by atoms with Gasteiger partial charge in [-0.1, -0.05) is 6.92 Å². The molecule has 0 saturated heterocycles. The summed E-state index contributed by atoms with van der Waals surface area (Å²) in [5.74, 6) is -0.613. The van der Waals surface area contributed by atoms with E-state index in [4.69, 9.17) is 0 Å². The number of fused-ring (bicyclic) bond motifs is 1. The first kappa shape index (κ1) is 25.5. The van der Waals surface area contributed by atoms with Crippen molar-refractivity contribution in [3.8, 4) is 17.2 Å². The second-order valence-electron chi connectivity index (χ2n) is 7.87. The highest BCUT2D eigenvalue weighted by atomic mass is 32.2. The third-order valence-corrected chi connectivity index (χ3v) is 7.38. The first-order chi connectivity index (χ1) is 16.6. The SMILES string of the molecule is CCS(=O)(=O)c1cc(-n2ccc(C(F)(F)F)c2)cnc1-c1nc2cc(C(F)(F)F)n(C)c(=O)c2n1C. The molecule has 0 aliphatic heterocycles. The summed E-state index contributed by atoms with van der Waals surface area (Å²) in [6, 6.07) is 2.57. The fourth-order valence-corrected chi connectivity index (χ4v) is 4.76. The number of rotatable bonds is 4. The Morgan fingerprint density at radius 3 is 2.22 bits per heavy atom. The first-order valence-corrected chi connectivity index (χ1v) is 11.8. The van der Waals surface area contributed by atoms with Crippen molar-refractivity contribution < 1.29 is 34.8 Å². The summed E-state index contributed by atoms with van der Waals surface area (Å²) in [5, 5.41) is 0. The van der Waals surface area contributed by atoms with Crippen molar-refractivity contribution in [2.75, 3.05) is 5.75 Å². The molecule has 0 fully saturated rings. The van der Waals surface area contributed by atoms with Crippen molar-refractivity contribution in [1.82, 2.24) is 23.7 Å². The lowest BCUT2D eigenvalue weighted by molar-refractivity contribution is -0.143. The zero-order valence-electron chi connectivity index (χ0n) is 18.8. The van der Waals surface area contributed by atoms with E-state index in [0.717, 1.165) is 46.9 Å². The van der Waals surface area contributed by atoms with Gasteiger partial charge < -0.3 is 13.7 Å². The summed E-state index contributed by atoms with van der Waals surface area (Å²) in [6.07, 6.45) is -6.52. The number of aryl methyl sites for hydroxylation is 1. The van der Waals surface area contributed by atoms with Crippen LogP contribution in [0.3, 0.4) is 0 Å². The molecule has 15 heteroatoms. The van der Waals surface area contributed by atoms with Gasteiger partial charge in [0.2, 0.25) is 0 Å². The molecular weight excluding hydrogens is 516 g/mol. The number of imidazole rings is 1. The number of pyridine rings is 2. The van der Waals surface area contributed by atoms with Crippen molar-refractivity contribution in [2.24, 2.45) is 14.1 Å². The first-order valence-electron chi connectivity index (χ1n) is 10.2. The van der Waals surface area contributed by atoms with Gasteiger partial charge in [0.05, 0.1) is 33.6 Å². The average Bonchev–Trinajstić information content (AvgIpc) is 3.40. The third kappa shape index (κ3) is 4.16. The van der Waals surface area contributed by atoms with Gasteiger partial charge >= 0.3 is 12.4 Å². The normalized spacial score (nSPS) is 13.0. The summed E-state index contributed by atoms with van der Waals surface area (Å²) < 4.78 is 108. The number of aromatic nitrogens is 5. The highest BCUT2D eigenvalue weighted by molar-refractivity contribution is 7.91. The maximum Gasteiger partial charge on any atom is 0.431 e. The minimum atomic E-state index is -4.84. The molecule has 0 aliphatic carbocycles. The van der Waals surface area contributed by atoms with Crippen LogP contribution in [0, 0.1) is 0 Å². The van der Waals surface area contributed by atoms with E-state index in [1.165, 1.54) is 14.0 Å². The maximum absolute atomic E-state index is 13.4. The zero-order chi connectivity index (χ0) is 26.8. The van der Waals surface area contributed by atoms with Gasteiger partial charge in [-0.15, -0.1) is 0 Å². The van der Waals surface area contributed by atoms with E-state index in [1.807, 2.05) is 0 Å². The fraction of sp³-hybridized carbons (Fsp3) is 0.286. The van der Waals surface area contributed by atoms with E-state index < -0.39 is 49.7 Å². The predicted molar refractivity (Wildman–Crippen MR) is 116 cm³/mol. The molecule has 4 heterocycles. The van der Waals surface area contributed by atoms with Crippen LogP contribution >= 0.6 is 0 Å². The van der Waals surface area contributed by atoms with Crippen molar-refractivity contribution in [2.45, 2.75) is 24.2 Å². The lowest BCUT2D eigenvalue weighted by Gasteiger charge is -2.12. The molecule has 8 nitrogen and oxygen atoms in total. The van der Waals surface area contributed by atoms with Gasteiger partial charge in [0.25, 0.3) is 5.56 Å². The molecule has 0 spiro atoms. The Labute approximate surface area is 199 Å². The summed E-state index contributed by atoms with van der Waals surface area (Å²) in [7, 11) is -1.78. The number of hydrogen-bond donors (Lipinski definition) is 0. The van der Waals surface area contributed by atoms with Crippen LogP contribution in [0.1, 0.15) is 18.2 Å². The third-order valence-electron chi connectivity index (χ3n) is 5.64. The van der Waals surface area contributed by atoms with Gasteiger partial charge in [-0.2, -0.15) is 26.3 Å². The van der Waals surface area contributed by atoms with Gasteiger partial charge in [0.15, 0.2) is 15.7 Å². The molecule has 36 heavy (non-hydrogen) atoms. The van der Waals surface area contributed by atoms with Crippen LogP contribution in [0.2, 0.25) is 0 Å². The Bertz CT molecular complexity index is 1660. The topological polar surface area (TPSA) is 91.8 Å². The Morgan fingerprint density at radius 2 is 1.67 bits per heavy atom. The Balaban J connectivity index is 1.98. The molecule has 0 aromatic carbocycles. The summed E-state index contributed by atoms with van der Waals surface area (Å²) in [4.78, 5) is 20.5. The Morgan fingerprint density at radius 1 is 1.00 bits per heavy atom. The van der Waals surface area contributed by atoms with Gasteiger partial charge in [-0.05, 0) is 18.2 Å². The quantitative estimate of drug-likeness (QED) is 0.371. The number of nitrogens with zero attached hydrogens (tertiary/aromatic N) is 5. The van der Waals surface area contributed by atoms with E-state index in [1.54, 1.807) is 0 Å². The van der Waals surface area contributed by atoms with E-state index in [2.05, 4.69) is 9.97 Å². The molecule has 0 atom stereocenters. The fourth-order valence-electron chi connectivity index (χ4n) is 3.71. The minimum Gasteiger partial charge on any atom is -0.322 e. The number of alkyl halides is 6. The van der Waals surface area contributed by atoms with Crippen molar-refractivity contribution in [3.63, 3.8) is 0 Å². The standard InChI is InChI=1S/C21H17F6N5O3S/c1-4-36(34,35)14-7-12(32-6-5-11(10-32)20(22,23)24)9-28-16(14)18-29-13-8-15(21(25,26)27)30(2)19(33)17(13)31(18)3/h5-10H,4H2,1-3H3. The van der Waals surface area contributed by atoms with Crippen molar-refractivity contribution in [1.29, 1.82) is 0 Å². The van der Waals surface area contributed by atoms with Crippen LogP contribution in [-0.4, -0.2) is 37.8 Å². The van der Waals surface area contributed by atoms with E-state index in [-0.39, 0.29) is 28.2 Å². The molecular formula is C21H17F6N5O3S. The van der Waals surface area contributed by atoms with Crippen LogP contribution in [0.25, 0.3) is 28.2 Å². The van der Waals surface area contributed by atoms with Crippen LogP contribution in [0.15, 0.2) is 46.5 Å². The van der Waals surface area contributed by atoms with Gasteiger partial charge in [-0.25, -0.2) is 18.4 Å². The molecule has 0 aliphatic rings. The summed E-state index contributed by atoms with van der Waals surface area (Å²) >= 11 is 0. The van der Waals surface area contributed by atoms with Gasteiger partial charge in [-0.3, -0.25) is 4.79 Å². The molecule has 4 aromatic heterocycles. The van der Waals surface area contributed by atoms with Crippen LogP contribution < -0.4 is 5.56 Å². The van der Waals surface area contributed by atoms with Crippen LogP contribution in [0.5, 0.6) is 0 Å². The lowest BCUT2D eigenvalue weighted by atomic mass is 10.3. The van der Waals surface area contributed by atoms with E-state index in [0.29, 0.717) is 10.6 Å². The molecule has 0 unspecified atom stereocenters. The van der Waals surface area contributed by atoms with Crippen LogP contribution in [0.4, 0.5) is 26.3 Å². The highest BCUT2D eigenvalue weighted by Crippen LogP contribution is 2.34. The second kappa shape index (κ2) is 8.21. The number of sulfone groups is 1. The summed E-state index contributed by atoms with van der Waals surface area (Å²) in [5.41, 5.74) is -4.03.